The van der Waals surface area contributed by atoms with Gasteiger partial charge in [-0.2, -0.15) is 0 Å². The van der Waals surface area contributed by atoms with Crippen LogP contribution < -0.4 is 0 Å². The van der Waals surface area contributed by atoms with Crippen LogP contribution in [-0.2, 0) is 6.42 Å². The topological polar surface area (TPSA) is 20.2 Å². The lowest BCUT2D eigenvalue weighted by Crippen LogP contribution is -2.34. The fourth-order valence-corrected chi connectivity index (χ4v) is 1.74. The van der Waals surface area contributed by atoms with Crippen molar-refractivity contribution in [1.82, 2.24) is 0 Å². The molecular weight excluding hydrogens is 167 g/mol. The maximum Gasteiger partial charge on any atom is 0.118 e. The highest BCUT2D eigenvalue weighted by Crippen LogP contribution is 2.39. The summed E-state index contributed by atoms with van der Waals surface area (Å²) < 4.78 is 13.7. The highest BCUT2D eigenvalue weighted by molar-refractivity contribution is 5.33. The van der Waals surface area contributed by atoms with Crippen LogP contribution in [0.2, 0.25) is 0 Å². The molecule has 0 radical (unpaired) electrons. The monoisotopic (exact) mass is 180 g/mol. The Kier molecular flexibility index (Phi) is 1.98. The van der Waals surface area contributed by atoms with E-state index in [0.29, 0.717) is 19.3 Å². The van der Waals surface area contributed by atoms with E-state index in [1.54, 1.807) is 18.2 Å². The van der Waals surface area contributed by atoms with E-state index in [4.69, 9.17) is 0 Å². The van der Waals surface area contributed by atoms with Crippen molar-refractivity contribution < 1.29 is 9.50 Å². The quantitative estimate of drug-likeness (QED) is 0.742. The van der Waals surface area contributed by atoms with Crippen LogP contribution in [0.25, 0.3) is 0 Å². The molecule has 0 aliphatic heterocycles. The van der Waals surface area contributed by atoms with Gasteiger partial charge in [-0.3, -0.25) is 0 Å². The number of alkyl halides is 1. The highest BCUT2D eigenvalue weighted by atomic mass is 19.1. The molecular formula is C11H13FO. The second kappa shape index (κ2) is 3.02. The molecule has 1 aromatic rings. The predicted octanol–water partition coefficient (Wildman–Crippen LogP) is 2.83. The van der Waals surface area contributed by atoms with E-state index in [0.717, 1.165) is 12.0 Å². The number of hydrogen-bond acceptors (Lipinski definition) is 1. The van der Waals surface area contributed by atoms with Gasteiger partial charge in [-0.05, 0) is 30.9 Å². The van der Waals surface area contributed by atoms with Crippen molar-refractivity contribution >= 4 is 0 Å². The van der Waals surface area contributed by atoms with Gasteiger partial charge in [0.05, 0.1) is 0 Å². The number of rotatable bonds is 2. The van der Waals surface area contributed by atoms with Crippen molar-refractivity contribution in [3.8, 4) is 5.75 Å². The first-order valence-electron chi connectivity index (χ1n) is 4.65. The van der Waals surface area contributed by atoms with E-state index in [2.05, 4.69) is 0 Å². The fraction of sp³-hybridized carbons (Fsp3) is 0.455. The molecule has 0 spiro atoms. The number of aromatic hydroxyl groups is 1. The van der Waals surface area contributed by atoms with Gasteiger partial charge in [-0.15, -0.1) is 0 Å². The largest absolute Gasteiger partial charge is 0.508 e. The molecule has 1 saturated carbocycles. The molecule has 0 saturated heterocycles. The molecule has 0 atom stereocenters. The Morgan fingerprint density at radius 1 is 1.31 bits per heavy atom. The van der Waals surface area contributed by atoms with Crippen molar-refractivity contribution in [3.05, 3.63) is 29.8 Å². The van der Waals surface area contributed by atoms with Gasteiger partial charge in [-0.25, -0.2) is 4.39 Å². The second-order valence-corrected chi connectivity index (χ2v) is 3.81. The predicted molar refractivity (Wildman–Crippen MR) is 49.5 cm³/mol. The normalized spacial score (nSPS) is 19.5. The Labute approximate surface area is 77.2 Å². The third-order valence-corrected chi connectivity index (χ3v) is 2.75. The van der Waals surface area contributed by atoms with Gasteiger partial charge >= 0.3 is 0 Å². The minimum atomic E-state index is -1.04. The molecule has 1 nitrogen and oxygen atoms in total. The molecule has 0 amide bonds. The van der Waals surface area contributed by atoms with Crippen molar-refractivity contribution in [2.24, 2.45) is 0 Å². The number of benzene rings is 1. The maximum absolute atomic E-state index is 13.7. The lowest BCUT2D eigenvalue weighted by molar-refractivity contribution is 0.0635. The Balaban J connectivity index is 2.13. The molecule has 1 aliphatic carbocycles. The van der Waals surface area contributed by atoms with Crippen LogP contribution in [0.1, 0.15) is 24.8 Å². The van der Waals surface area contributed by atoms with Crippen molar-refractivity contribution in [2.75, 3.05) is 0 Å². The Hall–Kier alpha value is -1.05. The third-order valence-electron chi connectivity index (χ3n) is 2.75. The molecule has 1 aliphatic rings. The first-order chi connectivity index (χ1) is 6.20. The van der Waals surface area contributed by atoms with E-state index < -0.39 is 5.67 Å². The fourth-order valence-electron chi connectivity index (χ4n) is 1.74. The third kappa shape index (κ3) is 1.67. The summed E-state index contributed by atoms with van der Waals surface area (Å²) in [5, 5.41) is 9.43. The molecule has 0 heterocycles. The van der Waals surface area contributed by atoms with Crippen LogP contribution in [-0.4, -0.2) is 10.8 Å². The van der Waals surface area contributed by atoms with Crippen LogP contribution in [0.15, 0.2) is 24.3 Å². The first-order valence-corrected chi connectivity index (χ1v) is 4.65. The summed E-state index contributed by atoms with van der Waals surface area (Å²) in [6.45, 7) is 0. The molecule has 1 aromatic carbocycles. The molecule has 13 heavy (non-hydrogen) atoms. The average molecular weight is 180 g/mol. The summed E-state index contributed by atoms with van der Waals surface area (Å²) >= 11 is 0. The minimum absolute atomic E-state index is 0.214. The van der Waals surface area contributed by atoms with E-state index in [-0.39, 0.29) is 5.75 Å². The van der Waals surface area contributed by atoms with Crippen molar-refractivity contribution in [2.45, 2.75) is 31.4 Å². The van der Waals surface area contributed by atoms with E-state index in [9.17, 15) is 9.50 Å². The highest BCUT2D eigenvalue weighted by Gasteiger charge is 2.37. The van der Waals surface area contributed by atoms with Crippen LogP contribution in [0, 0.1) is 0 Å². The molecule has 70 valence electrons. The van der Waals surface area contributed by atoms with E-state index in [1.807, 2.05) is 6.07 Å². The van der Waals surface area contributed by atoms with Gasteiger partial charge < -0.3 is 5.11 Å². The molecule has 1 fully saturated rings. The molecule has 0 bridgehead atoms. The van der Waals surface area contributed by atoms with Gasteiger partial charge in [-0.1, -0.05) is 18.2 Å². The number of phenolic OH excluding ortho intramolecular Hbond substituents is 1. The van der Waals surface area contributed by atoms with Gasteiger partial charge in [0.2, 0.25) is 0 Å². The molecule has 2 rings (SSSR count). The standard InChI is InChI=1S/C11H13FO/c12-11(6-3-7-11)8-9-4-1-2-5-10(9)13/h1-2,4-5,13H,3,6-8H2. The molecule has 1 N–H and O–H groups in total. The first kappa shape index (κ1) is 8.54. The summed E-state index contributed by atoms with van der Waals surface area (Å²) in [6.07, 6.45) is 2.62. The van der Waals surface area contributed by atoms with Crippen LogP contribution in [0.4, 0.5) is 4.39 Å². The summed E-state index contributed by atoms with van der Waals surface area (Å²) in [5.41, 5.74) is -0.316. The Bertz CT molecular complexity index is 305. The summed E-state index contributed by atoms with van der Waals surface area (Å²) in [4.78, 5) is 0. The number of halogens is 1. The van der Waals surface area contributed by atoms with Crippen molar-refractivity contribution in [1.29, 1.82) is 0 Å². The number of phenols is 1. The lowest BCUT2D eigenvalue weighted by atomic mass is 9.77. The van der Waals surface area contributed by atoms with Crippen LogP contribution in [0.3, 0.4) is 0 Å². The van der Waals surface area contributed by atoms with Gasteiger partial charge in [0.15, 0.2) is 0 Å². The maximum atomic E-state index is 13.7. The van der Waals surface area contributed by atoms with Gasteiger partial charge in [0.25, 0.3) is 0 Å². The molecule has 2 heteroatoms. The zero-order valence-electron chi connectivity index (χ0n) is 7.46. The second-order valence-electron chi connectivity index (χ2n) is 3.81. The minimum Gasteiger partial charge on any atom is -0.508 e. The van der Waals surface area contributed by atoms with E-state index >= 15 is 0 Å². The van der Waals surface area contributed by atoms with E-state index in [1.165, 1.54) is 0 Å². The van der Waals surface area contributed by atoms with Gasteiger partial charge in [0, 0.05) is 6.42 Å². The van der Waals surface area contributed by atoms with Gasteiger partial charge in [0.1, 0.15) is 11.4 Å². The zero-order chi connectivity index (χ0) is 9.31. The lowest BCUT2D eigenvalue weighted by Gasteiger charge is -2.33. The number of para-hydroxylation sites is 1. The van der Waals surface area contributed by atoms with Crippen LogP contribution >= 0.6 is 0 Å². The van der Waals surface area contributed by atoms with Crippen molar-refractivity contribution in [3.63, 3.8) is 0 Å². The smallest absolute Gasteiger partial charge is 0.118 e. The molecule has 0 aromatic heterocycles. The zero-order valence-corrected chi connectivity index (χ0v) is 7.46. The number of hydrogen-bond donors (Lipinski definition) is 1. The summed E-state index contributed by atoms with van der Waals surface area (Å²) in [6, 6.07) is 6.98. The summed E-state index contributed by atoms with van der Waals surface area (Å²) in [7, 11) is 0. The summed E-state index contributed by atoms with van der Waals surface area (Å²) in [5.74, 6) is 0.214. The Morgan fingerprint density at radius 2 is 2.00 bits per heavy atom. The van der Waals surface area contributed by atoms with Crippen LogP contribution in [0.5, 0.6) is 5.75 Å². The molecule has 0 unspecified atom stereocenters. The Morgan fingerprint density at radius 3 is 2.54 bits per heavy atom. The SMILES string of the molecule is Oc1ccccc1CC1(F)CCC1. The average Bonchev–Trinajstić information content (AvgIpc) is 2.06.